The third-order valence-electron chi connectivity index (χ3n) is 4.34. The molecule has 0 aromatic heterocycles. The molecule has 0 aliphatic heterocycles. The Bertz CT molecular complexity index is 607. The van der Waals surface area contributed by atoms with E-state index >= 15 is 0 Å². The molecule has 3 unspecified atom stereocenters. The molecular formula is C16H21ClO3S. The fourth-order valence-corrected chi connectivity index (χ4v) is 5.19. The molecule has 21 heavy (non-hydrogen) atoms. The summed E-state index contributed by atoms with van der Waals surface area (Å²) in [5.41, 5.74) is 0.402. The van der Waals surface area contributed by atoms with Crippen LogP contribution in [0.2, 0.25) is 5.02 Å². The van der Waals surface area contributed by atoms with Crippen molar-refractivity contribution >= 4 is 27.2 Å². The van der Waals surface area contributed by atoms with Crippen molar-refractivity contribution in [1.29, 1.82) is 0 Å². The minimum Gasteiger partial charge on any atom is -0.293 e. The topological polar surface area (TPSA) is 51.2 Å². The molecule has 5 heteroatoms. The number of rotatable bonds is 4. The minimum atomic E-state index is -3.43. The second kappa shape index (κ2) is 6.49. The molecule has 1 aliphatic rings. The largest absolute Gasteiger partial charge is 0.293 e. The predicted octanol–water partition coefficient (Wildman–Crippen LogP) is 3.90. The van der Waals surface area contributed by atoms with Gasteiger partial charge in [-0.3, -0.25) is 4.79 Å². The third kappa shape index (κ3) is 3.67. The van der Waals surface area contributed by atoms with Crippen LogP contribution in [-0.2, 0) is 9.84 Å². The molecule has 0 radical (unpaired) electrons. The summed E-state index contributed by atoms with van der Waals surface area (Å²) in [6, 6.07) is 6.38. The predicted molar refractivity (Wildman–Crippen MR) is 85.6 cm³/mol. The zero-order valence-electron chi connectivity index (χ0n) is 12.4. The molecule has 0 spiro atoms. The Labute approximate surface area is 131 Å². The first kappa shape index (κ1) is 16.5. The molecule has 116 valence electrons. The van der Waals surface area contributed by atoms with E-state index in [2.05, 4.69) is 6.92 Å². The van der Waals surface area contributed by atoms with Gasteiger partial charge in [0.05, 0.1) is 5.25 Å². The fourth-order valence-electron chi connectivity index (χ4n) is 2.96. The van der Waals surface area contributed by atoms with E-state index in [1.165, 1.54) is 6.92 Å². The van der Waals surface area contributed by atoms with Crippen LogP contribution in [0.25, 0.3) is 0 Å². The monoisotopic (exact) mass is 328 g/mol. The number of carbonyl (C=O) groups is 1. The van der Waals surface area contributed by atoms with Crippen molar-refractivity contribution in [3.8, 4) is 0 Å². The maximum absolute atomic E-state index is 12.7. The lowest BCUT2D eigenvalue weighted by molar-refractivity contribution is 0.0991. The Morgan fingerprint density at radius 3 is 2.43 bits per heavy atom. The zero-order valence-corrected chi connectivity index (χ0v) is 14.0. The van der Waals surface area contributed by atoms with Gasteiger partial charge < -0.3 is 0 Å². The average Bonchev–Trinajstić information content (AvgIpc) is 2.46. The summed E-state index contributed by atoms with van der Waals surface area (Å²) in [7, 11) is -3.43. The molecule has 0 amide bonds. The van der Waals surface area contributed by atoms with E-state index in [0.29, 0.717) is 29.3 Å². The maximum atomic E-state index is 12.7. The van der Waals surface area contributed by atoms with Gasteiger partial charge in [-0.05, 0) is 49.9 Å². The highest BCUT2D eigenvalue weighted by molar-refractivity contribution is 7.93. The first-order valence-electron chi connectivity index (χ1n) is 7.35. The molecule has 2 rings (SSSR count). The lowest BCUT2D eigenvalue weighted by Crippen LogP contribution is -2.38. The first-order chi connectivity index (χ1) is 9.82. The maximum Gasteiger partial charge on any atom is 0.180 e. The van der Waals surface area contributed by atoms with Crippen LogP contribution in [0.1, 0.15) is 49.9 Å². The number of Topliss-reactive ketones (excluding diaryl/α,β-unsaturated/α-hetero) is 1. The van der Waals surface area contributed by atoms with Gasteiger partial charge in [0.1, 0.15) is 5.25 Å². The Morgan fingerprint density at radius 2 is 1.86 bits per heavy atom. The number of ketones is 1. The minimum absolute atomic E-state index is 0.343. The van der Waals surface area contributed by atoms with Crippen LogP contribution in [0.15, 0.2) is 24.3 Å². The molecule has 0 N–H and O–H groups in total. The van der Waals surface area contributed by atoms with Gasteiger partial charge in [0.2, 0.25) is 0 Å². The van der Waals surface area contributed by atoms with E-state index in [0.717, 1.165) is 12.8 Å². The highest BCUT2D eigenvalue weighted by Gasteiger charge is 2.37. The summed E-state index contributed by atoms with van der Waals surface area (Å²) in [6.07, 6.45) is 3.34. The van der Waals surface area contributed by atoms with Gasteiger partial charge in [-0.2, -0.15) is 0 Å². The lowest BCUT2D eigenvalue weighted by Gasteiger charge is -2.28. The molecule has 1 fully saturated rings. The lowest BCUT2D eigenvalue weighted by atomic mass is 9.90. The number of carbonyl (C=O) groups excluding carboxylic acids is 1. The van der Waals surface area contributed by atoms with Crippen LogP contribution in [0.4, 0.5) is 0 Å². The van der Waals surface area contributed by atoms with Gasteiger partial charge in [0.25, 0.3) is 0 Å². The summed E-state index contributed by atoms with van der Waals surface area (Å²) in [5, 5.41) is -0.843. The van der Waals surface area contributed by atoms with Crippen molar-refractivity contribution in [2.45, 2.75) is 50.0 Å². The first-order valence-corrected chi connectivity index (χ1v) is 9.33. The summed E-state index contributed by atoms with van der Waals surface area (Å²) >= 11 is 5.79. The molecule has 0 saturated heterocycles. The van der Waals surface area contributed by atoms with E-state index in [1.54, 1.807) is 24.3 Å². The molecule has 1 saturated carbocycles. The normalized spacial score (nSPS) is 24.5. The summed E-state index contributed by atoms with van der Waals surface area (Å²) in [5.74, 6) is 0.0706. The van der Waals surface area contributed by atoms with Crippen LogP contribution in [0.5, 0.6) is 0 Å². The Kier molecular flexibility index (Phi) is 5.10. The van der Waals surface area contributed by atoms with Crippen molar-refractivity contribution in [3.63, 3.8) is 0 Å². The highest BCUT2D eigenvalue weighted by Crippen LogP contribution is 2.31. The van der Waals surface area contributed by atoms with E-state index in [-0.39, 0.29) is 11.0 Å². The number of hydrogen-bond acceptors (Lipinski definition) is 3. The van der Waals surface area contributed by atoms with Crippen LogP contribution in [-0.4, -0.2) is 24.7 Å². The summed E-state index contributed by atoms with van der Waals surface area (Å²) in [6.45, 7) is 3.58. The van der Waals surface area contributed by atoms with E-state index in [1.807, 2.05) is 0 Å². The van der Waals surface area contributed by atoms with Crippen LogP contribution in [0, 0.1) is 5.92 Å². The van der Waals surface area contributed by atoms with Gasteiger partial charge in [-0.25, -0.2) is 8.42 Å². The third-order valence-corrected chi connectivity index (χ3v) is 7.15. The number of halogens is 1. The van der Waals surface area contributed by atoms with Crippen molar-refractivity contribution in [1.82, 2.24) is 0 Å². The van der Waals surface area contributed by atoms with Gasteiger partial charge in [0, 0.05) is 10.6 Å². The smallest absolute Gasteiger partial charge is 0.180 e. The van der Waals surface area contributed by atoms with Gasteiger partial charge in [-0.1, -0.05) is 31.4 Å². The van der Waals surface area contributed by atoms with Crippen LogP contribution >= 0.6 is 11.6 Å². The van der Waals surface area contributed by atoms with Crippen molar-refractivity contribution < 1.29 is 13.2 Å². The Balaban J connectivity index is 2.19. The van der Waals surface area contributed by atoms with Gasteiger partial charge in [-0.15, -0.1) is 0 Å². The van der Waals surface area contributed by atoms with Crippen molar-refractivity contribution in [2.75, 3.05) is 0 Å². The number of hydrogen-bond donors (Lipinski definition) is 0. The standard InChI is InChI=1S/C16H21ClO3S/c1-11-4-3-5-15(10-11)21(19,20)12(2)16(18)13-6-8-14(17)9-7-13/h6-9,11-12,15H,3-5,10H2,1-2H3. The van der Waals surface area contributed by atoms with E-state index < -0.39 is 15.1 Å². The van der Waals surface area contributed by atoms with E-state index in [9.17, 15) is 13.2 Å². The van der Waals surface area contributed by atoms with E-state index in [4.69, 9.17) is 11.6 Å². The molecule has 1 aliphatic carbocycles. The quantitative estimate of drug-likeness (QED) is 0.787. The Hall–Kier alpha value is -0.870. The molecule has 0 bridgehead atoms. The van der Waals surface area contributed by atoms with Gasteiger partial charge in [0.15, 0.2) is 15.6 Å². The molecule has 1 aromatic carbocycles. The number of benzene rings is 1. The van der Waals surface area contributed by atoms with Crippen molar-refractivity contribution in [3.05, 3.63) is 34.9 Å². The van der Waals surface area contributed by atoms with Gasteiger partial charge >= 0.3 is 0 Å². The second-order valence-electron chi connectivity index (χ2n) is 6.00. The molecule has 0 heterocycles. The molecule has 1 aromatic rings. The van der Waals surface area contributed by atoms with Crippen LogP contribution in [0.3, 0.4) is 0 Å². The highest BCUT2D eigenvalue weighted by atomic mass is 35.5. The average molecular weight is 329 g/mol. The fraction of sp³-hybridized carbons (Fsp3) is 0.562. The summed E-state index contributed by atoms with van der Waals surface area (Å²) in [4.78, 5) is 12.4. The van der Waals surface area contributed by atoms with Crippen LogP contribution < -0.4 is 0 Å². The Morgan fingerprint density at radius 1 is 1.24 bits per heavy atom. The second-order valence-corrected chi connectivity index (χ2v) is 8.98. The zero-order chi connectivity index (χ0) is 15.6. The van der Waals surface area contributed by atoms with Crippen molar-refractivity contribution in [2.24, 2.45) is 5.92 Å². The molecule has 3 atom stereocenters. The molecular weight excluding hydrogens is 308 g/mol. The number of sulfone groups is 1. The summed E-state index contributed by atoms with van der Waals surface area (Å²) < 4.78 is 25.3. The SMILES string of the molecule is CC1CCCC(S(=O)(=O)C(C)C(=O)c2ccc(Cl)cc2)C1. The molecule has 3 nitrogen and oxygen atoms in total.